The van der Waals surface area contributed by atoms with Crippen molar-refractivity contribution in [2.45, 2.75) is 13.0 Å². The van der Waals surface area contributed by atoms with Gasteiger partial charge >= 0.3 is 0 Å². The van der Waals surface area contributed by atoms with Crippen molar-refractivity contribution < 1.29 is 4.74 Å². The van der Waals surface area contributed by atoms with Crippen LogP contribution in [0.25, 0.3) is 4.96 Å². The van der Waals surface area contributed by atoms with E-state index in [0.29, 0.717) is 13.2 Å². The van der Waals surface area contributed by atoms with Gasteiger partial charge in [-0.05, 0) is 12.1 Å². The third-order valence-corrected chi connectivity index (χ3v) is 3.65. The fourth-order valence-electron chi connectivity index (χ4n) is 1.76. The van der Waals surface area contributed by atoms with Crippen molar-refractivity contribution in [1.29, 1.82) is 0 Å². The summed E-state index contributed by atoms with van der Waals surface area (Å²) < 4.78 is 7.43. The summed E-state index contributed by atoms with van der Waals surface area (Å²) in [7, 11) is 0. The van der Waals surface area contributed by atoms with Gasteiger partial charge in [0.15, 0.2) is 0 Å². The highest BCUT2D eigenvalue weighted by Crippen LogP contribution is 2.16. The SMILES string of the molecule is NCc1cn2nc(CCOc3ccccc3)sc2n1. The quantitative estimate of drug-likeness (QED) is 0.771. The van der Waals surface area contributed by atoms with Gasteiger partial charge < -0.3 is 10.5 Å². The molecule has 3 rings (SSSR count). The van der Waals surface area contributed by atoms with Gasteiger partial charge in [0.05, 0.1) is 18.5 Å². The number of fused-ring (bicyclic) bond motifs is 1. The number of imidazole rings is 1. The monoisotopic (exact) mass is 274 g/mol. The minimum atomic E-state index is 0.447. The highest BCUT2D eigenvalue weighted by molar-refractivity contribution is 7.16. The van der Waals surface area contributed by atoms with E-state index in [4.69, 9.17) is 10.5 Å². The second-order valence-electron chi connectivity index (χ2n) is 4.07. The van der Waals surface area contributed by atoms with Crippen molar-refractivity contribution in [2.75, 3.05) is 6.61 Å². The van der Waals surface area contributed by atoms with E-state index in [1.807, 2.05) is 36.5 Å². The molecule has 0 amide bonds. The molecular formula is C13H14N4OS. The fourth-order valence-corrected chi connectivity index (χ4v) is 2.63. The van der Waals surface area contributed by atoms with Crippen LogP contribution in [0.5, 0.6) is 5.75 Å². The van der Waals surface area contributed by atoms with Gasteiger partial charge in [-0.1, -0.05) is 29.5 Å². The van der Waals surface area contributed by atoms with Crippen molar-refractivity contribution in [3.05, 3.63) is 47.2 Å². The molecule has 3 aromatic rings. The van der Waals surface area contributed by atoms with E-state index in [1.165, 1.54) is 0 Å². The number of nitrogens with two attached hydrogens (primary N) is 1. The highest BCUT2D eigenvalue weighted by atomic mass is 32.1. The molecule has 6 heteroatoms. The number of aromatic nitrogens is 3. The Morgan fingerprint density at radius 1 is 1.26 bits per heavy atom. The van der Waals surface area contributed by atoms with E-state index < -0.39 is 0 Å². The van der Waals surface area contributed by atoms with Crippen molar-refractivity contribution >= 4 is 16.3 Å². The van der Waals surface area contributed by atoms with Crippen molar-refractivity contribution in [3.8, 4) is 5.75 Å². The second kappa shape index (κ2) is 5.38. The molecule has 0 spiro atoms. The van der Waals surface area contributed by atoms with E-state index in [-0.39, 0.29) is 0 Å². The number of hydrogen-bond acceptors (Lipinski definition) is 5. The molecule has 0 unspecified atom stereocenters. The van der Waals surface area contributed by atoms with Gasteiger partial charge in [-0.3, -0.25) is 0 Å². The summed E-state index contributed by atoms with van der Waals surface area (Å²) in [6.45, 7) is 1.06. The minimum absolute atomic E-state index is 0.447. The van der Waals surface area contributed by atoms with E-state index >= 15 is 0 Å². The molecule has 5 nitrogen and oxygen atoms in total. The van der Waals surface area contributed by atoms with Crippen LogP contribution in [0.15, 0.2) is 36.5 Å². The number of rotatable bonds is 5. The molecule has 0 fully saturated rings. The van der Waals surface area contributed by atoms with Crippen LogP contribution >= 0.6 is 11.3 Å². The molecule has 1 aromatic carbocycles. The topological polar surface area (TPSA) is 65.4 Å². The van der Waals surface area contributed by atoms with Crippen LogP contribution in [-0.2, 0) is 13.0 Å². The Bertz CT molecular complexity index is 630. The van der Waals surface area contributed by atoms with Crippen LogP contribution < -0.4 is 10.5 Å². The first-order valence-corrected chi connectivity index (χ1v) is 6.88. The number of nitrogens with zero attached hydrogens (tertiary/aromatic N) is 3. The molecule has 0 saturated carbocycles. The maximum atomic E-state index is 5.64. The van der Waals surface area contributed by atoms with Crippen molar-refractivity contribution in [3.63, 3.8) is 0 Å². The Balaban J connectivity index is 1.61. The smallest absolute Gasteiger partial charge is 0.212 e. The maximum absolute atomic E-state index is 5.64. The zero-order valence-corrected chi connectivity index (χ0v) is 11.1. The molecule has 2 aromatic heterocycles. The van der Waals surface area contributed by atoms with Gasteiger partial charge in [-0.15, -0.1) is 0 Å². The van der Waals surface area contributed by atoms with E-state index in [2.05, 4.69) is 10.1 Å². The second-order valence-corrected chi connectivity index (χ2v) is 5.11. The first-order valence-electron chi connectivity index (χ1n) is 6.07. The van der Waals surface area contributed by atoms with Crippen LogP contribution in [0.2, 0.25) is 0 Å². The third kappa shape index (κ3) is 2.74. The molecule has 2 heterocycles. The number of ether oxygens (including phenoxy) is 1. The molecule has 98 valence electrons. The Labute approximate surface area is 114 Å². The molecule has 0 aliphatic carbocycles. The molecular weight excluding hydrogens is 260 g/mol. The summed E-state index contributed by atoms with van der Waals surface area (Å²) in [6, 6.07) is 9.78. The maximum Gasteiger partial charge on any atom is 0.212 e. The van der Waals surface area contributed by atoms with Crippen LogP contribution in [0.1, 0.15) is 10.7 Å². The Morgan fingerprint density at radius 3 is 2.84 bits per heavy atom. The van der Waals surface area contributed by atoms with Crippen molar-refractivity contribution in [2.24, 2.45) is 5.73 Å². The highest BCUT2D eigenvalue weighted by Gasteiger charge is 2.07. The lowest BCUT2D eigenvalue weighted by Crippen LogP contribution is -2.01. The summed E-state index contributed by atoms with van der Waals surface area (Å²) in [5.74, 6) is 0.884. The zero-order valence-electron chi connectivity index (χ0n) is 10.3. The lowest BCUT2D eigenvalue weighted by Gasteiger charge is -2.03. The van der Waals surface area contributed by atoms with Gasteiger partial charge in [-0.25, -0.2) is 9.50 Å². The van der Waals surface area contributed by atoms with Gasteiger partial charge in [-0.2, -0.15) is 5.10 Å². The average molecular weight is 274 g/mol. The molecule has 0 aliphatic heterocycles. The van der Waals surface area contributed by atoms with E-state index in [9.17, 15) is 0 Å². The van der Waals surface area contributed by atoms with Crippen LogP contribution in [-0.4, -0.2) is 21.2 Å². The predicted molar refractivity (Wildman–Crippen MR) is 74.4 cm³/mol. The molecule has 0 bridgehead atoms. The minimum Gasteiger partial charge on any atom is -0.493 e. The molecule has 2 N–H and O–H groups in total. The Hall–Kier alpha value is -1.92. The Morgan fingerprint density at radius 2 is 2.11 bits per heavy atom. The van der Waals surface area contributed by atoms with Crippen LogP contribution in [0.3, 0.4) is 0 Å². The van der Waals surface area contributed by atoms with Gasteiger partial charge in [0, 0.05) is 13.0 Å². The molecule has 0 radical (unpaired) electrons. The standard InChI is InChI=1S/C13H14N4OS/c14-8-10-9-17-13(15-10)19-12(16-17)6-7-18-11-4-2-1-3-5-11/h1-5,9H,6-8,14H2. The molecule has 19 heavy (non-hydrogen) atoms. The van der Waals surface area contributed by atoms with Crippen LogP contribution in [0, 0.1) is 0 Å². The summed E-state index contributed by atoms with van der Waals surface area (Å²) in [5, 5.41) is 5.47. The molecule has 0 atom stereocenters. The summed E-state index contributed by atoms with van der Waals surface area (Å²) in [5.41, 5.74) is 6.40. The summed E-state index contributed by atoms with van der Waals surface area (Å²) in [4.78, 5) is 5.26. The number of para-hydroxylation sites is 1. The predicted octanol–water partition coefficient (Wildman–Crippen LogP) is 1.87. The first-order chi connectivity index (χ1) is 9.35. The van der Waals surface area contributed by atoms with Gasteiger partial charge in [0.1, 0.15) is 10.8 Å². The molecule has 0 saturated heterocycles. The van der Waals surface area contributed by atoms with Gasteiger partial charge in [0.25, 0.3) is 0 Å². The lowest BCUT2D eigenvalue weighted by atomic mass is 10.3. The van der Waals surface area contributed by atoms with Gasteiger partial charge in [0.2, 0.25) is 4.96 Å². The number of hydrogen-bond donors (Lipinski definition) is 1. The first kappa shape index (κ1) is 12.1. The Kier molecular flexibility index (Phi) is 3.43. The van der Waals surface area contributed by atoms with E-state index in [1.54, 1.807) is 15.9 Å². The summed E-state index contributed by atoms with van der Waals surface area (Å²) in [6.07, 6.45) is 2.65. The third-order valence-electron chi connectivity index (χ3n) is 2.67. The lowest BCUT2D eigenvalue weighted by molar-refractivity contribution is 0.321. The van der Waals surface area contributed by atoms with Crippen LogP contribution in [0.4, 0.5) is 0 Å². The number of benzene rings is 1. The normalized spacial score (nSPS) is 11.0. The zero-order chi connectivity index (χ0) is 13.1. The summed E-state index contributed by atoms with van der Waals surface area (Å²) >= 11 is 1.57. The van der Waals surface area contributed by atoms with Crippen molar-refractivity contribution in [1.82, 2.24) is 14.6 Å². The largest absolute Gasteiger partial charge is 0.493 e. The average Bonchev–Trinajstić information content (AvgIpc) is 2.97. The molecule has 0 aliphatic rings. The fraction of sp³-hybridized carbons (Fsp3) is 0.231. The van der Waals surface area contributed by atoms with E-state index in [0.717, 1.165) is 27.8 Å².